The molecule has 1 heterocycles. The lowest BCUT2D eigenvalue weighted by atomic mass is 10.1. The second kappa shape index (κ2) is 5.85. The Balaban J connectivity index is 2.06. The van der Waals surface area contributed by atoms with Crippen LogP contribution in [0.4, 0.5) is 5.69 Å². The third-order valence-electron chi connectivity index (χ3n) is 3.50. The molecular formula is C15H21NO. The topological polar surface area (TPSA) is 20.3 Å². The molecule has 1 aromatic carbocycles. The fourth-order valence-electron chi connectivity index (χ4n) is 2.41. The summed E-state index contributed by atoms with van der Waals surface area (Å²) < 4.78 is 0. The van der Waals surface area contributed by atoms with Gasteiger partial charge in [-0.1, -0.05) is 19.3 Å². The lowest BCUT2D eigenvalue weighted by Crippen LogP contribution is -2.26. The van der Waals surface area contributed by atoms with E-state index in [1.807, 2.05) is 12.1 Å². The van der Waals surface area contributed by atoms with Crippen LogP contribution in [0.15, 0.2) is 24.3 Å². The second-order valence-electron chi connectivity index (χ2n) is 4.86. The number of nitrogens with zero attached hydrogens (tertiary/aromatic N) is 1. The second-order valence-corrected chi connectivity index (χ2v) is 4.86. The van der Waals surface area contributed by atoms with Gasteiger partial charge >= 0.3 is 0 Å². The minimum Gasteiger partial charge on any atom is -0.372 e. The molecule has 0 N–H and O–H groups in total. The first-order chi connectivity index (χ1) is 8.27. The van der Waals surface area contributed by atoms with Gasteiger partial charge in [-0.3, -0.25) is 4.79 Å². The standard InChI is InChI=1S/C15H21NO/c1-13(17)14-7-9-15(10-8-14)16-11-5-3-2-4-6-12-16/h7-10H,2-6,11-12H2,1H3. The molecule has 0 radical (unpaired) electrons. The van der Waals surface area contributed by atoms with Crippen LogP contribution >= 0.6 is 0 Å². The van der Waals surface area contributed by atoms with Crippen molar-refractivity contribution in [3.63, 3.8) is 0 Å². The third kappa shape index (κ3) is 3.32. The fraction of sp³-hybridized carbons (Fsp3) is 0.533. The number of hydrogen-bond acceptors (Lipinski definition) is 2. The van der Waals surface area contributed by atoms with Crippen molar-refractivity contribution in [2.75, 3.05) is 18.0 Å². The Bertz CT molecular complexity index is 361. The van der Waals surface area contributed by atoms with E-state index in [4.69, 9.17) is 0 Å². The molecule has 1 aliphatic rings. The highest BCUT2D eigenvalue weighted by Crippen LogP contribution is 2.19. The van der Waals surface area contributed by atoms with Gasteiger partial charge in [0, 0.05) is 24.3 Å². The van der Waals surface area contributed by atoms with Gasteiger partial charge in [-0.2, -0.15) is 0 Å². The van der Waals surface area contributed by atoms with Crippen LogP contribution < -0.4 is 4.90 Å². The molecule has 0 unspecified atom stereocenters. The zero-order chi connectivity index (χ0) is 12.1. The average Bonchev–Trinajstić information content (AvgIpc) is 2.29. The smallest absolute Gasteiger partial charge is 0.159 e. The van der Waals surface area contributed by atoms with Crippen molar-refractivity contribution < 1.29 is 4.79 Å². The average molecular weight is 231 g/mol. The number of Topliss-reactive ketones (excluding diaryl/α,β-unsaturated/α-hetero) is 1. The van der Waals surface area contributed by atoms with Gasteiger partial charge in [0.05, 0.1) is 0 Å². The van der Waals surface area contributed by atoms with Gasteiger partial charge in [-0.05, 0) is 44.0 Å². The van der Waals surface area contributed by atoms with Crippen LogP contribution in [0.25, 0.3) is 0 Å². The van der Waals surface area contributed by atoms with Crippen LogP contribution in [0.3, 0.4) is 0 Å². The molecule has 0 atom stereocenters. The zero-order valence-electron chi connectivity index (χ0n) is 10.6. The minimum atomic E-state index is 0.143. The number of anilines is 1. The molecular weight excluding hydrogens is 210 g/mol. The molecule has 0 spiro atoms. The molecule has 1 saturated heterocycles. The molecule has 0 bridgehead atoms. The summed E-state index contributed by atoms with van der Waals surface area (Å²) in [4.78, 5) is 13.7. The van der Waals surface area contributed by atoms with Crippen molar-refractivity contribution in [2.24, 2.45) is 0 Å². The van der Waals surface area contributed by atoms with Crippen LogP contribution in [0.5, 0.6) is 0 Å². The first-order valence-corrected chi connectivity index (χ1v) is 6.63. The molecule has 2 heteroatoms. The first-order valence-electron chi connectivity index (χ1n) is 6.63. The van der Waals surface area contributed by atoms with E-state index >= 15 is 0 Å². The van der Waals surface area contributed by atoms with Crippen molar-refractivity contribution in [3.8, 4) is 0 Å². The molecule has 0 aromatic heterocycles. The maximum Gasteiger partial charge on any atom is 0.159 e. The van der Waals surface area contributed by atoms with E-state index in [2.05, 4.69) is 17.0 Å². The highest BCUT2D eigenvalue weighted by Gasteiger charge is 2.09. The van der Waals surface area contributed by atoms with Crippen LogP contribution in [-0.2, 0) is 0 Å². The lowest BCUT2D eigenvalue weighted by Gasteiger charge is -2.26. The largest absolute Gasteiger partial charge is 0.372 e. The summed E-state index contributed by atoms with van der Waals surface area (Å²) in [5.74, 6) is 0.143. The molecule has 0 aliphatic carbocycles. The van der Waals surface area contributed by atoms with Crippen molar-refractivity contribution in [1.29, 1.82) is 0 Å². The number of rotatable bonds is 2. The summed E-state index contributed by atoms with van der Waals surface area (Å²) in [5, 5.41) is 0. The van der Waals surface area contributed by atoms with E-state index < -0.39 is 0 Å². The van der Waals surface area contributed by atoms with Crippen molar-refractivity contribution >= 4 is 11.5 Å². The van der Waals surface area contributed by atoms with Gasteiger partial charge in [-0.15, -0.1) is 0 Å². The zero-order valence-corrected chi connectivity index (χ0v) is 10.6. The lowest BCUT2D eigenvalue weighted by molar-refractivity contribution is 0.101. The van der Waals surface area contributed by atoms with Gasteiger partial charge in [0.1, 0.15) is 0 Å². The van der Waals surface area contributed by atoms with E-state index in [1.54, 1.807) is 6.92 Å². The van der Waals surface area contributed by atoms with Crippen molar-refractivity contribution in [3.05, 3.63) is 29.8 Å². The summed E-state index contributed by atoms with van der Waals surface area (Å²) >= 11 is 0. The minimum absolute atomic E-state index is 0.143. The van der Waals surface area contributed by atoms with Crippen LogP contribution in [-0.4, -0.2) is 18.9 Å². The Labute approximate surface area is 104 Å². The maximum atomic E-state index is 11.2. The molecule has 1 fully saturated rings. The SMILES string of the molecule is CC(=O)c1ccc(N2CCCCCCC2)cc1. The van der Waals surface area contributed by atoms with E-state index in [0.29, 0.717) is 0 Å². The Hall–Kier alpha value is -1.31. The van der Waals surface area contributed by atoms with Gasteiger partial charge in [-0.25, -0.2) is 0 Å². The molecule has 1 aromatic rings. The quantitative estimate of drug-likeness (QED) is 0.724. The Morgan fingerprint density at radius 3 is 2.00 bits per heavy atom. The van der Waals surface area contributed by atoms with Crippen LogP contribution in [0, 0.1) is 0 Å². The molecule has 17 heavy (non-hydrogen) atoms. The van der Waals surface area contributed by atoms with E-state index in [9.17, 15) is 4.79 Å². The molecule has 2 rings (SSSR count). The fourth-order valence-corrected chi connectivity index (χ4v) is 2.41. The number of benzene rings is 1. The summed E-state index contributed by atoms with van der Waals surface area (Å²) in [7, 11) is 0. The molecule has 92 valence electrons. The normalized spacial score (nSPS) is 17.4. The highest BCUT2D eigenvalue weighted by molar-refractivity contribution is 5.94. The maximum absolute atomic E-state index is 11.2. The first kappa shape index (κ1) is 12.2. The van der Waals surface area contributed by atoms with Gasteiger partial charge in [0.2, 0.25) is 0 Å². The number of ketones is 1. The molecule has 0 amide bonds. The van der Waals surface area contributed by atoms with E-state index in [1.165, 1.54) is 37.8 Å². The number of carbonyl (C=O) groups excluding carboxylic acids is 1. The molecule has 2 nitrogen and oxygen atoms in total. The van der Waals surface area contributed by atoms with Crippen LogP contribution in [0.2, 0.25) is 0 Å². The van der Waals surface area contributed by atoms with Crippen molar-refractivity contribution in [2.45, 2.75) is 39.0 Å². The van der Waals surface area contributed by atoms with Gasteiger partial charge in [0.15, 0.2) is 5.78 Å². The summed E-state index contributed by atoms with van der Waals surface area (Å²) in [6, 6.07) is 8.05. The Morgan fingerprint density at radius 2 is 1.47 bits per heavy atom. The highest BCUT2D eigenvalue weighted by atomic mass is 16.1. The predicted octanol–water partition coefficient (Wildman–Crippen LogP) is 3.66. The third-order valence-corrected chi connectivity index (χ3v) is 3.50. The Morgan fingerprint density at radius 1 is 0.941 bits per heavy atom. The monoisotopic (exact) mass is 231 g/mol. The predicted molar refractivity (Wildman–Crippen MR) is 71.7 cm³/mol. The number of hydrogen-bond donors (Lipinski definition) is 0. The summed E-state index contributed by atoms with van der Waals surface area (Å²) in [6.45, 7) is 3.92. The van der Waals surface area contributed by atoms with E-state index in [-0.39, 0.29) is 5.78 Å². The van der Waals surface area contributed by atoms with Crippen molar-refractivity contribution in [1.82, 2.24) is 0 Å². The van der Waals surface area contributed by atoms with E-state index in [0.717, 1.165) is 18.7 Å². The number of carbonyl (C=O) groups is 1. The molecule has 1 aliphatic heterocycles. The summed E-state index contributed by atoms with van der Waals surface area (Å²) in [5.41, 5.74) is 2.07. The summed E-state index contributed by atoms with van der Waals surface area (Å²) in [6.07, 6.45) is 6.66. The van der Waals surface area contributed by atoms with Gasteiger partial charge < -0.3 is 4.90 Å². The Kier molecular flexibility index (Phi) is 4.18. The van der Waals surface area contributed by atoms with Gasteiger partial charge in [0.25, 0.3) is 0 Å². The molecule has 0 saturated carbocycles. The van der Waals surface area contributed by atoms with Crippen LogP contribution in [0.1, 0.15) is 49.4 Å².